The molecular weight excluding hydrogens is 765 g/mol. The summed E-state index contributed by atoms with van der Waals surface area (Å²) in [6.45, 7) is 2.39. The maximum atomic E-state index is 13.0. The summed E-state index contributed by atoms with van der Waals surface area (Å²) in [6.07, 6.45) is -3.64. The Morgan fingerprint density at radius 1 is 0.964 bits per heavy atom. The number of carbonyl (C=O) groups is 6. The van der Waals surface area contributed by atoms with Crippen molar-refractivity contribution >= 4 is 68.8 Å². The van der Waals surface area contributed by atoms with Crippen LogP contribution in [0.3, 0.4) is 0 Å². The van der Waals surface area contributed by atoms with Crippen LogP contribution in [0.5, 0.6) is 0 Å². The second kappa shape index (κ2) is 21.2. The Hall–Kier alpha value is -4.24. The van der Waals surface area contributed by atoms with E-state index in [1.54, 1.807) is 37.1 Å². The molecule has 1 saturated heterocycles. The van der Waals surface area contributed by atoms with Crippen molar-refractivity contribution in [3.63, 3.8) is 0 Å². The van der Waals surface area contributed by atoms with Gasteiger partial charge in [0.2, 0.25) is 6.41 Å². The number of aliphatic hydroxyl groups excluding tert-OH is 3. The number of cyclic esters (lactones) is 1. The quantitative estimate of drug-likeness (QED) is 0.0794. The van der Waals surface area contributed by atoms with Crippen molar-refractivity contribution in [1.29, 1.82) is 0 Å². The average Bonchev–Trinajstić information content (AvgIpc) is 3.66. The largest absolute Gasteiger partial charge is 0.465 e. The SMILES string of the molecule is CCSS/C(CCOC(=O)CCCC(=O)OC1CCC(N(C)C(=O)c2ccc3nonc3c2)CC1)=C(/C)N(C=O)CC(=O)OCC1OC(=O)C(O)C(O)C1O. The lowest BCUT2D eigenvalue weighted by Gasteiger charge is -2.34. The summed E-state index contributed by atoms with van der Waals surface area (Å²) in [5, 5.41) is 36.8. The number of aromatic nitrogens is 2. The molecule has 0 bridgehead atoms. The molecule has 2 aliphatic rings. The van der Waals surface area contributed by atoms with Crippen LogP contribution >= 0.6 is 21.6 Å². The summed E-state index contributed by atoms with van der Waals surface area (Å²) in [5.74, 6) is -2.41. The van der Waals surface area contributed by atoms with E-state index in [-0.39, 0.29) is 50.3 Å². The van der Waals surface area contributed by atoms with Crippen LogP contribution in [-0.4, -0.2) is 141 Å². The third-order valence-electron chi connectivity index (χ3n) is 9.17. The zero-order valence-electron chi connectivity index (χ0n) is 30.7. The van der Waals surface area contributed by atoms with Gasteiger partial charge in [0.1, 0.15) is 42.5 Å². The average molecular weight is 811 g/mol. The van der Waals surface area contributed by atoms with Crippen molar-refractivity contribution in [2.75, 3.05) is 32.6 Å². The monoisotopic (exact) mass is 810 g/mol. The molecule has 55 heavy (non-hydrogen) atoms. The minimum absolute atomic E-state index is 0.00683. The Bertz CT molecular complexity index is 1700. The maximum Gasteiger partial charge on any atom is 0.338 e. The molecule has 20 heteroatoms. The second-order valence-corrected chi connectivity index (χ2v) is 15.6. The molecule has 1 saturated carbocycles. The van der Waals surface area contributed by atoms with Crippen molar-refractivity contribution in [2.24, 2.45) is 0 Å². The summed E-state index contributed by atoms with van der Waals surface area (Å²) >= 11 is 0. The van der Waals surface area contributed by atoms with Crippen LogP contribution in [0, 0.1) is 0 Å². The number of allylic oxidation sites excluding steroid dienone is 1. The number of carbonyl (C=O) groups excluding carboxylic acids is 6. The van der Waals surface area contributed by atoms with Crippen molar-refractivity contribution in [3.8, 4) is 0 Å². The third-order valence-corrected chi connectivity index (χ3v) is 11.9. The lowest BCUT2D eigenvalue weighted by Crippen LogP contribution is -2.57. The Labute approximate surface area is 324 Å². The van der Waals surface area contributed by atoms with E-state index in [1.807, 2.05) is 6.92 Å². The Morgan fingerprint density at radius 2 is 1.67 bits per heavy atom. The zero-order chi connectivity index (χ0) is 40.1. The van der Waals surface area contributed by atoms with Crippen molar-refractivity contribution in [3.05, 3.63) is 34.4 Å². The number of hydrogen-bond donors (Lipinski definition) is 3. The summed E-state index contributed by atoms with van der Waals surface area (Å²) < 4.78 is 25.6. The molecular formula is C35H46N4O14S2. The van der Waals surface area contributed by atoms with Gasteiger partial charge in [0.25, 0.3) is 5.91 Å². The highest BCUT2D eigenvalue weighted by atomic mass is 33.1. The van der Waals surface area contributed by atoms with Crippen LogP contribution in [0.4, 0.5) is 0 Å². The van der Waals surface area contributed by atoms with Crippen LogP contribution in [0.15, 0.2) is 33.4 Å². The topological polar surface area (TPSA) is 245 Å². The van der Waals surface area contributed by atoms with E-state index < -0.39 is 61.4 Å². The van der Waals surface area contributed by atoms with Crippen molar-refractivity contribution in [2.45, 2.75) is 102 Å². The van der Waals surface area contributed by atoms with Gasteiger partial charge in [-0.15, -0.1) is 0 Å². The lowest BCUT2D eigenvalue weighted by atomic mass is 9.91. The van der Waals surface area contributed by atoms with Gasteiger partial charge in [0, 0.05) is 54.3 Å². The van der Waals surface area contributed by atoms with Crippen molar-refractivity contribution < 1.29 is 67.7 Å². The highest BCUT2D eigenvalue weighted by Crippen LogP contribution is 2.35. The first-order valence-electron chi connectivity index (χ1n) is 17.8. The number of rotatable bonds is 19. The molecule has 18 nitrogen and oxygen atoms in total. The molecule has 0 radical (unpaired) electrons. The fourth-order valence-electron chi connectivity index (χ4n) is 5.92. The second-order valence-electron chi connectivity index (χ2n) is 12.9. The van der Waals surface area contributed by atoms with Gasteiger partial charge in [-0.2, -0.15) is 0 Å². The maximum absolute atomic E-state index is 13.0. The summed E-state index contributed by atoms with van der Waals surface area (Å²) in [5.41, 5.74) is 1.96. The number of fused-ring (bicyclic) bond motifs is 1. The standard InChI is InChI=1S/C35H46N4O14S2/c1-4-54-55-27(20(2)39(19-40)17-30(43)50-18-26-31(44)32(45)33(46)35(48)52-26)14-15-49-28(41)6-5-7-29(42)51-23-11-9-22(10-12-23)38(3)34(47)21-8-13-24-25(16-21)37-53-36-24/h8,13,16,19,22-23,26,31-33,44-46H,4-7,9-12,14-15,17-18H2,1-3H3/b27-20-. The molecule has 1 aromatic carbocycles. The number of nitrogens with zero attached hydrogens (tertiary/aromatic N) is 4. The van der Waals surface area contributed by atoms with Gasteiger partial charge in [0.05, 0.1) is 6.61 Å². The van der Waals surface area contributed by atoms with Crippen LogP contribution in [0.1, 0.15) is 75.6 Å². The number of ether oxygens (including phenoxy) is 4. The minimum atomic E-state index is -1.93. The van der Waals surface area contributed by atoms with E-state index >= 15 is 0 Å². The van der Waals surface area contributed by atoms with Gasteiger partial charge in [-0.1, -0.05) is 28.5 Å². The first-order chi connectivity index (χ1) is 26.3. The molecule has 1 aromatic heterocycles. The molecule has 4 atom stereocenters. The van der Waals surface area contributed by atoms with Gasteiger partial charge in [0.15, 0.2) is 12.2 Å². The molecule has 2 amide bonds. The minimum Gasteiger partial charge on any atom is -0.465 e. The van der Waals surface area contributed by atoms with E-state index in [2.05, 4.69) is 10.3 Å². The molecule has 302 valence electrons. The smallest absolute Gasteiger partial charge is 0.338 e. The molecule has 2 heterocycles. The summed E-state index contributed by atoms with van der Waals surface area (Å²) in [6, 6.07) is 5.00. The summed E-state index contributed by atoms with van der Waals surface area (Å²) in [7, 11) is 4.58. The fraction of sp³-hybridized carbons (Fsp3) is 0.600. The van der Waals surface area contributed by atoms with Gasteiger partial charge in [-0.05, 0) is 67.5 Å². The predicted octanol–water partition coefficient (Wildman–Crippen LogP) is 1.90. The van der Waals surface area contributed by atoms with Gasteiger partial charge < -0.3 is 44.1 Å². The van der Waals surface area contributed by atoms with Crippen LogP contribution in [0.2, 0.25) is 0 Å². The first kappa shape index (κ1) is 43.5. The van der Waals surface area contributed by atoms with E-state index in [0.29, 0.717) is 59.3 Å². The van der Waals surface area contributed by atoms with Gasteiger partial charge >= 0.3 is 23.9 Å². The Morgan fingerprint density at radius 3 is 2.38 bits per heavy atom. The van der Waals surface area contributed by atoms with Crippen molar-refractivity contribution in [1.82, 2.24) is 20.1 Å². The van der Waals surface area contributed by atoms with Gasteiger partial charge in [-0.25, -0.2) is 9.42 Å². The number of amides is 2. The normalized spacial score (nSPS) is 22.9. The Balaban J connectivity index is 1.14. The number of aliphatic hydroxyl groups is 3. The zero-order valence-corrected chi connectivity index (χ0v) is 32.3. The molecule has 2 fully saturated rings. The van der Waals surface area contributed by atoms with Crippen LogP contribution < -0.4 is 0 Å². The molecule has 2 aromatic rings. The van der Waals surface area contributed by atoms with E-state index in [4.69, 9.17) is 23.6 Å². The molecule has 1 aliphatic carbocycles. The molecule has 4 rings (SSSR count). The molecule has 4 unspecified atom stereocenters. The van der Waals surface area contributed by atoms with Gasteiger partial charge in [-0.3, -0.25) is 24.0 Å². The molecule has 0 spiro atoms. The van der Waals surface area contributed by atoms with Crippen LogP contribution in [0.25, 0.3) is 11.0 Å². The van der Waals surface area contributed by atoms with E-state index in [0.717, 1.165) is 10.7 Å². The number of hydrogen-bond acceptors (Lipinski definition) is 18. The molecule has 1 aliphatic heterocycles. The van der Waals surface area contributed by atoms with Crippen LogP contribution in [-0.2, 0) is 42.9 Å². The predicted molar refractivity (Wildman–Crippen MR) is 196 cm³/mol. The number of esters is 4. The Kier molecular flexibility index (Phi) is 16.7. The fourth-order valence-corrected chi connectivity index (χ4v) is 7.98. The highest BCUT2D eigenvalue weighted by molar-refractivity contribution is 8.78. The first-order valence-corrected chi connectivity index (χ1v) is 20.1. The lowest BCUT2D eigenvalue weighted by molar-refractivity contribution is -0.209. The van der Waals surface area contributed by atoms with E-state index in [1.165, 1.54) is 21.6 Å². The highest BCUT2D eigenvalue weighted by Gasteiger charge is 2.44. The third kappa shape index (κ3) is 12.4. The summed E-state index contributed by atoms with van der Waals surface area (Å²) in [4.78, 5) is 77.5. The number of benzene rings is 1. The van der Waals surface area contributed by atoms with E-state index in [9.17, 15) is 44.1 Å². The molecule has 3 N–H and O–H groups in total.